The van der Waals surface area contributed by atoms with Crippen LogP contribution in [0.2, 0.25) is 5.02 Å². The molecule has 1 aromatic carbocycles. The molecule has 5 nitrogen and oxygen atoms in total. The fourth-order valence-electron chi connectivity index (χ4n) is 2.59. The molecule has 1 fully saturated rings. The van der Waals surface area contributed by atoms with Crippen LogP contribution in [-0.4, -0.2) is 40.0 Å². The molecular weight excluding hydrogens is 401 g/mol. The van der Waals surface area contributed by atoms with Crippen LogP contribution < -0.4 is 4.74 Å². The molecule has 0 radical (unpaired) electrons. The summed E-state index contributed by atoms with van der Waals surface area (Å²) in [7, 11) is 0. The van der Waals surface area contributed by atoms with Crippen molar-refractivity contribution in [3.8, 4) is 6.01 Å². The van der Waals surface area contributed by atoms with Crippen molar-refractivity contribution in [2.45, 2.75) is 18.9 Å². The van der Waals surface area contributed by atoms with Crippen molar-refractivity contribution < 1.29 is 13.9 Å². The molecule has 1 aliphatic rings. The minimum absolute atomic E-state index is 0.0975. The maximum absolute atomic E-state index is 14.0. The van der Waals surface area contributed by atoms with Gasteiger partial charge < -0.3 is 9.64 Å². The van der Waals surface area contributed by atoms with Crippen molar-refractivity contribution in [3.63, 3.8) is 0 Å². The molecule has 1 atom stereocenters. The maximum Gasteiger partial charge on any atom is 0.316 e. The SMILES string of the molecule is O=C(c1c(F)cccc1Cl)N1CCCC(Oc2ncc(Br)cn2)C1. The molecule has 0 bridgehead atoms. The van der Waals surface area contributed by atoms with Crippen molar-refractivity contribution in [2.75, 3.05) is 13.1 Å². The van der Waals surface area contributed by atoms with E-state index in [9.17, 15) is 9.18 Å². The molecule has 8 heteroatoms. The van der Waals surface area contributed by atoms with Gasteiger partial charge in [-0.1, -0.05) is 17.7 Å². The first-order valence-corrected chi connectivity index (χ1v) is 8.59. The Morgan fingerprint density at radius 1 is 1.38 bits per heavy atom. The monoisotopic (exact) mass is 413 g/mol. The van der Waals surface area contributed by atoms with E-state index in [0.29, 0.717) is 13.1 Å². The molecule has 0 N–H and O–H groups in total. The Labute approximate surface area is 151 Å². The molecule has 1 amide bonds. The zero-order valence-corrected chi connectivity index (χ0v) is 14.9. The zero-order chi connectivity index (χ0) is 17.1. The van der Waals surface area contributed by atoms with Gasteiger partial charge in [0.25, 0.3) is 5.91 Å². The Kier molecular flexibility index (Phi) is 5.30. The van der Waals surface area contributed by atoms with Crippen LogP contribution in [0.25, 0.3) is 0 Å². The summed E-state index contributed by atoms with van der Waals surface area (Å²) in [5, 5.41) is 0.110. The van der Waals surface area contributed by atoms with Crippen LogP contribution in [0.3, 0.4) is 0 Å². The Hall–Kier alpha value is -1.73. The minimum atomic E-state index is -0.619. The van der Waals surface area contributed by atoms with E-state index in [1.165, 1.54) is 18.2 Å². The van der Waals surface area contributed by atoms with Gasteiger partial charge in [0.05, 0.1) is 21.6 Å². The molecule has 126 valence electrons. The topological polar surface area (TPSA) is 55.3 Å². The third-order valence-corrected chi connectivity index (χ3v) is 4.44. The third-order valence-electron chi connectivity index (χ3n) is 3.71. The summed E-state index contributed by atoms with van der Waals surface area (Å²) in [5.41, 5.74) is -0.0975. The molecule has 1 aromatic heterocycles. The number of benzene rings is 1. The Morgan fingerprint density at radius 2 is 2.12 bits per heavy atom. The molecule has 2 aromatic rings. The Morgan fingerprint density at radius 3 is 2.83 bits per heavy atom. The summed E-state index contributed by atoms with van der Waals surface area (Å²) in [6.07, 6.45) is 4.46. The van der Waals surface area contributed by atoms with Crippen LogP contribution >= 0.6 is 27.5 Å². The second-order valence-corrected chi connectivity index (χ2v) is 6.74. The van der Waals surface area contributed by atoms with Gasteiger partial charge in [-0.3, -0.25) is 4.79 Å². The average Bonchev–Trinajstić information content (AvgIpc) is 2.57. The summed E-state index contributed by atoms with van der Waals surface area (Å²) >= 11 is 9.24. The fourth-order valence-corrected chi connectivity index (χ4v) is 3.04. The van der Waals surface area contributed by atoms with Gasteiger partial charge >= 0.3 is 6.01 Å². The molecule has 1 unspecified atom stereocenters. The number of aromatic nitrogens is 2. The fraction of sp³-hybridized carbons (Fsp3) is 0.312. The van der Waals surface area contributed by atoms with Gasteiger partial charge in [-0.05, 0) is 40.9 Å². The van der Waals surface area contributed by atoms with Crippen molar-refractivity contribution in [1.29, 1.82) is 0 Å². The number of likely N-dealkylation sites (tertiary alicyclic amines) is 1. The van der Waals surface area contributed by atoms with Crippen LogP contribution in [0.5, 0.6) is 6.01 Å². The number of amides is 1. The van der Waals surface area contributed by atoms with Gasteiger partial charge in [0.2, 0.25) is 0 Å². The summed E-state index contributed by atoms with van der Waals surface area (Å²) in [4.78, 5) is 22.3. The van der Waals surface area contributed by atoms with Gasteiger partial charge in [0, 0.05) is 18.9 Å². The lowest BCUT2D eigenvalue weighted by atomic mass is 10.1. The van der Waals surface area contributed by atoms with E-state index in [-0.39, 0.29) is 22.7 Å². The van der Waals surface area contributed by atoms with Crippen molar-refractivity contribution in [1.82, 2.24) is 14.9 Å². The predicted molar refractivity (Wildman–Crippen MR) is 90.7 cm³/mol. The first-order valence-electron chi connectivity index (χ1n) is 7.42. The van der Waals surface area contributed by atoms with Gasteiger partial charge in [-0.15, -0.1) is 0 Å². The molecule has 0 spiro atoms. The highest BCUT2D eigenvalue weighted by molar-refractivity contribution is 9.10. The number of ether oxygens (including phenoxy) is 1. The van der Waals surface area contributed by atoms with E-state index in [2.05, 4.69) is 25.9 Å². The second kappa shape index (κ2) is 7.44. The first kappa shape index (κ1) is 17.1. The van der Waals surface area contributed by atoms with Gasteiger partial charge in [-0.2, -0.15) is 0 Å². The molecule has 24 heavy (non-hydrogen) atoms. The Balaban J connectivity index is 1.71. The second-order valence-electron chi connectivity index (χ2n) is 5.41. The van der Waals surface area contributed by atoms with E-state index in [1.807, 2.05) is 0 Å². The average molecular weight is 415 g/mol. The molecule has 2 heterocycles. The highest BCUT2D eigenvalue weighted by Gasteiger charge is 2.28. The van der Waals surface area contributed by atoms with Gasteiger partial charge in [0.15, 0.2) is 0 Å². The number of carbonyl (C=O) groups excluding carboxylic acids is 1. The predicted octanol–water partition coefficient (Wildman–Crippen LogP) is 3.72. The quantitative estimate of drug-likeness (QED) is 0.768. The van der Waals surface area contributed by atoms with Crippen LogP contribution in [0.4, 0.5) is 4.39 Å². The highest BCUT2D eigenvalue weighted by Crippen LogP contribution is 2.23. The van der Waals surface area contributed by atoms with Gasteiger partial charge in [-0.25, -0.2) is 14.4 Å². The lowest BCUT2D eigenvalue weighted by Gasteiger charge is -2.32. The molecule has 0 aliphatic carbocycles. The van der Waals surface area contributed by atoms with Crippen molar-refractivity contribution >= 4 is 33.4 Å². The number of carbonyl (C=O) groups is 1. The highest BCUT2D eigenvalue weighted by atomic mass is 79.9. The summed E-state index contributed by atoms with van der Waals surface area (Å²) < 4.78 is 20.4. The number of halogens is 3. The van der Waals surface area contributed by atoms with E-state index in [4.69, 9.17) is 16.3 Å². The summed E-state index contributed by atoms with van der Waals surface area (Å²) in [5.74, 6) is -1.05. The molecular formula is C16H14BrClFN3O2. The zero-order valence-electron chi connectivity index (χ0n) is 12.6. The largest absolute Gasteiger partial charge is 0.458 e. The van der Waals surface area contributed by atoms with E-state index >= 15 is 0 Å². The number of hydrogen-bond donors (Lipinski definition) is 0. The smallest absolute Gasteiger partial charge is 0.316 e. The minimum Gasteiger partial charge on any atom is -0.458 e. The molecule has 1 saturated heterocycles. The first-order chi connectivity index (χ1) is 11.5. The summed E-state index contributed by atoms with van der Waals surface area (Å²) in [6.45, 7) is 0.869. The van der Waals surface area contributed by atoms with Crippen LogP contribution in [0, 0.1) is 5.82 Å². The number of nitrogens with zero attached hydrogens (tertiary/aromatic N) is 3. The number of piperidine rings is 1. The van der Waals surface area contributed by atoms with Crippen molar-refractivity contribution in [2.24, 2.45) is 0 Å². The number of rotatable bonds is 3. The van der Waals surface area contributed by atoms with Crippen LogP contribution in [0.15, 0.2) is 35.1 Å². The Bertz CT molecular complexity index is 724. The molecule has 3 rings (SSSR count). The van der Waals surface area contributed by atoms with E-state index in [1.54, 1.807) is 17.3 Å². The molecule has 1 aliphatic heterocycles. The molecule has 0 saturated carbocycles. The number of hydrogen-bond acceptors (Lipinski definition) is 4. The van der Waals surface area contributed by atoms with E-state index in [0.717, 1.165) is 17.3 Å². The summed E-state index contributed by atoms with van der Waals surface area (Å²) in [6, 6.07) is 4.46. The van der Waals surface area contributed by atoms with Crippen molar-refractivity contribution in [3.05, 3.63) is 51.5 Å². The third kappa shape index (κ3) is 3.84. The van der Waals surface area contributed by atoms with Crippen LogP contribution in [0.1, 0.15) is 23.2 Å². The van der Waals surface area contributed by atoms with Crippen LogP contribution in [-0.2, 0) is 0 Å². The maximum atomic E-state index is 14.0. The van der Waals surface area contributed by atoms with Gasteiger partial charge in [0.1, 0.15) is 11.9 Å². The van der Waals surface area contributed by atoms with E-state index < -0.39 is 11.7 Å². The standard InChI is InChI=1S/C16H14BrClFN3O2/c17-10-7-20-16(21-8-10)24-11-3-2-6-22(9-11)15(23)14-12(18)4-1-5-13(14)19/h1,4-5,7-8,11H,2-3,6,9H2. The normalized spacial score (nSPS) is 17.6. The lowest BCUT2D eigenvalue weighted by molar-refractivity contribution is 0.0512. The lowest BCUT2D eigenvalue weighted by Crippen LogP contribution is -2.44.